The molecule has 1 aromatic carbocycles. The fourth-order valence-electron chi connectivity index (χ4n) is 1.21. The van der Waals surface area contributed by atoms with Gasteiger partial charge in [-0.1, -0.05) is 18.5 Å². The van der Waals surface area contributed by atoms with E-state index in [2.05, 4.69) is 17.6 Å². The monoisotopic (exact) mass is 226 g/mol. The highest BCUT2D eigenvalue weighted by atomic mass is 35.5. The zero-order chi connectivity index (χ0) is 11.3. The Morgan fingerprint density at radius 1 is 1.47 bits per heavy atom. The molecule has 15 heavy (non-hydrogen) atoms. The van der Waals surface area contributed by atoms with Gasteiger partial charge in [-0.15, -0.1) is 0 Å². The summed E-state index contributed by atoms with van der Waals surface area (Å²) in [5.74, 6) is -0.167. The molecule has 0 saturated heterocycles. The van der Waals surface area contributed by atoms with E-state index in [9.17, 15) is 4.79 Å². The molecule has 2 N–H and O–H groups in total. The molecule has 0 spiro atoms. The van der Waals surface area contributed by atoms with Crippen LogP contribution in [0.5, 0.6) is 0 Å². The molecule has 82 valence electrons. The van der Waals surface area contributed by atoms with E-state index < -0.39 is 0 Å². The molecule has 0 aromatic heterocycles. The van der Waals surface area contributed by atoms with Crippen LogP contribution in [0.1, 0.15) is 23.7 Å². The van der Waals surface area contributed by atoms with Crippen LogP contribution in [0.4, 0.5) is 5.69 Å². The third-order valence-electron chi connectivity index (χ3n) is 2.02. The predicted molar refractivity (Wildman–Crippen MR) is 63.6 cm³/mol. The third-order valence-corrected chi connectivity index (χ3v) is 2.35. The van der Waals surface area contributed by atoms with Crippen molar-refractivity contribution in [1.29, 1.82) is 0 Å². The minimum atomic E-state index is -0.167. The summed E-state index contributed by atoms with van der Waals surface area (Å²) in [5, 5.41) is 6.23. The van der Waals surface area contributed by atoms with Gasteiger partial charge in [0.1, 0.15) is 0 Å². The molecule has 0 fully saturated rings. The van der Waals surface area contributed by atoms with Gasteiger partial charge in [0, 0.05) is 19.3 Å². The van der Waals surface area contributed by atoms with Gasteiger partial charge in [-0.3, -0.25) is 4.79 Å². The summed E-state index contributed by atoms with van der Waals surface area (Å²) in [5.41, 5.74) is 1.42. The first-order valence-electron chi connectivity index (χ1n) is 4.94. The maximum absolute atomic E-state index is 11.4. The Kier molecular flexibility index (Phi) is 4.43. The number of hydrogen-bond donors (Lipinski definition) is 2. The molecule has 3 nitrogen and oxygen atoms in total. The smallest absolute Gasteiger partial charge is 0.252 e. The second-order valence-corrected chi connectivity index (χ2v) is 3.61. The van der Waals surface area contributed by atoms with E-state index >= 15 is 0 Å². The van der Waals surface area contributed by atoms with Crippen molar-refractivity contribution in [2.24, 2.45) is 0 Å². The van der Waals surface area contributed by atoms with Crippen LogP contribution in [0.2, 0.25) is 5.02 Å². The van der Waals surface area contributed by atoms with Crippen LogP contribution >= 0.6 is 11.6 Å². The van der Waals surface area contributed by atoms with Crippen molar-refractivity contribution in [2.45, 2.75) is 13.3 Å². The zero-order valence-electron chi connectivity index (χ0n) is 8.93. The van der Waals surface area contributed by atoms with E-state index in [1.54, 1.807) is 19.2 Å². The first-order valence-corrected chi connectivity index (χ1v) is 5.32. The molecule has 0 heterocycles. The van der Waals surface area contributed by atoms with Crippen molar-refractivity contribution in [2.75, 3.05) is 18.9 Å². The molecule has 0 radical (unpaired) electrons. The molecule has 0 unspecified atom stereocenters. The standard InChI is InChI=1S/C11H15ClN2O/c1-3-6-14-8-4-5-10(12)9(7-8)11(15)13-2/h4-5,7,14H,3,6H2,1-2H3,(H,13,15). The molecule has 0 aliphatic rings. The molecular formula is C11H15ClN2O. The number of amides is 1. The highest BCUT2D eigenvalue weighted by molar-refractivity contribution is 6.34. The van der Waals surface area contributed by atoms with Crippen LogP contribution in [0.15, 0.2) is 18.2 Å². The van der Waals surface area contributed by atoms with Crippen molar-refractivity contribution < 1.29 is 4.79 Å². The minimum Gasteiger partial charge on any atom is -0.385 e. The summed E-state index contributed by atoms with van der Waals surface area (Å²) >= 11 is 5.92. The van der Waals surface area contributed by atoms with Gasteiger partial charge in [-0.25, -0.2) is 0 Å². The number of nitrogens with one attached hydrogen (secondary N) is 2. The molecule has 4 heteroatoms. The van der Waals surface area contributed by atoms with Crippen LogP contribution in [0.25, 0.3) is 0 Å². The lowest BCUT2D eigenvalue weighted by Gasteiger charge is -2.08. The van der Waals surface area contributed by atoms with Gasteiger partial charge in [0.05, 0.1) is 10.6 Å². The highest BCUT2D eigenvalue weighted by Crippen LogP contribution is 2.20. The number of anilines is 1. The van der Waals surface area contributed by atoms with Gasteiger partial charge in [-0.2, -0.15) is 0 Å². The van der Waals surface area contributed by atoms with Crippen molar-refractivity contribution in [3.8, 4) is 0 Å². The molecular weight excluding hydrogens is 212 g/mol. The van der Waals surface area contributed by atoms with Crippen molar-refractivity contribution >= 4 is 23.2 Å². The summed E-state index contributed by atoms with van der Waals surface area (Å²) in [4.78, 5) is 11.4. The lowest BCUT2D eigenvalue weighted by atomic mass is 10.2. The number of benzene rings is 1. The minimum absolute atomic E-state index is 0.167. The fourth-order valence-corrected chi connectivity index (χ4v) is 1.42. The van der Waals surface area contributed by atoms with Crippen LogP contribution in [0, 0.1) is 0 Å². The SMILES string of the molecule is CCCNc1ccc(Cl)c(C(=O)NC)c1. The van der Waals surface area contributed by atoms with Gasteiger partial charge in [-0.05, 0) is 24.6 Å². The van der Waals surface area contributed by atoms with E-state index in [0.717, 1.165) is 18.7 Å². The largest absolute Gasteiger partial charge is 0.385 e. The normalized spacial score (nSPS) is 9.80. The molecule has 0 saturated carbocycles. The van der Waals surface area contributed by atoms with Gasteiger partial charge in [0.15, 0.2) is 0 Å². The molecule has 0 aliphatic heterocycles. The van der Waals surface area contributed by atoms with Crippen LogP contribution in [-0.4, -0.2) is 19.5 Å². The highest BCUT2D eigenvalue weighted by Gasteiger charge is 2.08. The fraction of sp³-hybridized carbons (Fsp3) is 0.364. The molecule has 0 bridgehead atoms. The summed E-state index contributed by atoms with van der Waals surface area (Å²) < 4.78 is 0. The Labute approximate surface area is 94.8 Å². The second kappa shape index (κ2) is 5.61. The van der Waals surface area contributed by atoms with E-state index in [0.29, 0.717) is 10.6 Å². The Balaban J connectivity index is 2.89. The molecule has 1 amide bonds. The number of halogens is 1. The van der Waals surface area contributed by atoms with Crippen molar-refractivity contribution in [3.05, 3.63) is 28.8 Å². The second-order valence-electron chi connectivity index (χ2n) is 3.20. The molecule has 0 atom stereocenters. The topological polar surface area (TPSA) is 41.1 Å². The van der Waals surface area contributed by atoms with Gasteiger partial charge >= 0.3 is 0 Å². The third kappa shape index (κ3) is 3.13. The number of carbonyl (C=O) groups excluding carboxylic acids is 1. The van der Waals surface area contributed by atoms with E-state index in [1.165, 1.54) is 0 Å². The Morgan fingerprint density at radius 2 is 2.20 bits per heavy atom. The average Bonchev–Trinajstić information content (AvgIpc) is 2.27. The number of carbonyl (C=O) groups is 1. The van der Waals surface area contributed by atoms with Crippen LogP contribution in [-0.2, 0) is 0 Å². The Bertz CT molecular complexity index is 352. The van der Waals surface area contributed by atoms with E-state index in [-0.39, 0.29) is 5.91 Å². The van der Waals surface area contributed by atoms with E-state index in [4.69, 9.17) is 11.6 Å². The van der Waals surface area contributed by atoms with Crippen molar-refractivity contribution in [1.82, 2.24) is 5.32 Å². The lowest BCUT2D eigenvalue weighted by molar-refractivity contribution is 0.0963. The Hall–Kier alpha value is -1.22. The van der Waals surface area contributed by atoms with E-state index in [1.807, 2.05) is 6.07 Å². The van der Waals surface area contributed by atoms with Crippen LogP contribution in [0.3, 0.4) is 0 Å². The molecule has 1 aromatic rings. The summed E-state index contributed by atoms with van der Waals surface area (Å²) in [7, 11) is 1.59. The van der Waals surface area contributed by atoms with Gasteiger partial charge in [0.2, 0.25) is 0 Å². The van der Waals surface area contributed by atoms with Gasteiger partial charge < -0.3 is 10.6 Å². The first-order chi connectivity index (χ1) is 7.19. The van der Waals surface area contributed by atoms with Crippen LogP contribution < -0.4 is 10.6 Å². The maximum atomic E-state index is 11.4. The number of rotatable bonds is 4. The summed E-state index contributed by atoms with van der Waals surface area (Å²) in [6.07, 6.45) is 1.04. The lowest BCUT2D eigenvalue weighted by Crippen LogP contribution is -2.18. The van der Waals surface area contributed by atoms with Crippen molar-refractivity contribution in [3.63, 3.8) is 0 Å². The van der Waals surface area contributed by atoms with Gasteiger partial charge in [0.25, 0.3) is 5.91 Å². The summed E-state index contributed by atoms with van der Waals surface area (Å²) in [6, 6.07) is 5.35. The molecule has 1 rings (SSSR count). The summed E-state index contributed by atoms with van der Waals surface area (Å²) in [6.45, 7) is 2.97. The Morgan fingerprint density at radius 3 is 2.80 bits per heavy atom. The predicted octanol–water partition coefficient (Wildman–Crippen LogP) is 2.52. The maximum Gasteiger partial charge on any atom is 0.252 e. The zero-order valence-corrected chi connectivity index (χ0v) is 9.69. The quantitative estimate of drug-likeness (QED) is 0.829. The number of hydrogen-bond acceptors (Lipinski definition) is 2. The average molecular weight is 227 g/mol. The molecule has 0 aliphatic carbocycles. The first kappa shape index (κ1) is 11.9.